The number of carbonyl (C=O) groups excluding carboxylic acids is 1. The van der Waals surface area contributed by atoms with Gasteiger partial charge in [-0.25, -0.2) is 0 Å². The molecule has 0 saturated heterocycles. The molecule has 1 rings (SSSR count). The molecule has 1 atom stereocenters. The van der Waals surface area contributed by atoms with Crippen LogP contribution in [0.15, 0.2) is 18.2 Å². The Morgan fingerprint density at radius 2 is 2.24 bits per heavy atom. The van der Waals surface area contributed by atoms with Gasteiger partial charge in [-0.2, -0.15) is 0 Å². The number of benzene rings is 1. The average Bonchev–Trinajstić information content (AvgIpc) is 2.44. The minimum absolute atomic E-state index is 0.131. The second-order valence-electron chi connectivity index (χ2n) is 5.02. The lowest BCUT2D eigenvalue weighted by Crippen LogP contribution is -2.36. The highest BCUT2D eigenvalue weighted by Gasteiger charge is 2.14. The fourth-order valence-corrected chi connectivity index (χ4v) is 2.13. The van der Waals surface area contributed by atoms with E-state index in [2.05, 4.69) is 5.32 Å². The van der Waals surface area contributed by atoms with Crippen LogP contribution in [0.5, 0.6) is 5.75 Å². The van der Waals surface area contributed by atoms with Crippen molar-refractivity contribution in [3.63, 3.8) is 0 Å². The molecule has 6 heteroatoms. The molecule has 0 bridgehead atoms. The number of anilines is 1. The predicted molar refractivity (Wildman–Crippen MR) is 85.0 cm³/mol. The van der Waals surface area contributed by atoms with Crippen molar-refractivity contribution < 1.29 is 14.6 Å². The first-order valence-electron chi connectivity index (χ1n) is 6.92. The van der Waals surface area contributed by atoms with Crippen LogP contribution in [-0.2, 0) is 4.79 Å². The van der Waals surface area contributed by atoms with E-state index in [1.165, 1.54) is 0 Å². The van der Waals surface area contributed by atoms with Gasteiger partial charge in [-0.3, -0.25) is 9.69 Å². The third-order valence-electron chi connectivity index (χ3n) is 3.36. The Hall–Kier alpha value is -1.30. The molecule has 0 heterocycles. The van der Waals surface area contributed by atoms with E-state index in [1.54, 1.807) is 25.3 Å². The molecule has 0 aliphatic rings. The van der Waals surface area contributed by atoms with Gasteiger partial charge in [0.2, 0.25) is 5.91 Å². The van der Waals surface area contributed by atoms with Crippen molar-refractivity contribution in [1.29, 1.82) is 0 Å². The lowest BCUT2D eigenvalue weighted by molar-refractivity contribution is -0.117. The van der Waals surface area contributed by atoms with Crippen molar-refractivity contribution in [3.8, 4) is 5.75 Å². The molecule has 1 aromatic rings. The van der Waals surface area contributed by atoms with E-state index in [4.69, 9.17) is 21.4 Å². The van der Waals surface area contributed by atoms with Crippen LogP contribution in [0.1, 0.15) is 19.8 Å². The third kappa shape index (κ3) is 5.91. The number of likely N-dealkylation sites (N-methyl/N-ethyl adjacent to an activating group) is 1. The average molecular weight is 315 g/mol. The highest BCUT2D eigenvalue weighted by atomic mass is 35.5. The summed E-state index contributed by atoms with van der Waals surface area (Å²) >= 11 is 5.93. The summed E-state index contributed by atoms with van der Waals surface area (Å²) in [6.45, 7) is 2.47. The Morgan fingerprint density at radius 1 is 1.52 bits per heavy atom. The Labute approximate surface area is 130 Å². The number of nitrogens with zero attached hydrogens (tertiary/aromatic N) is 1. The summed E-state index contributed by atoms with van der Waals surface area (Å²) in [6, 6.07) is 5.31. The second-order valence-corrected chi connectivity index (χ2v) is 5.46. The van der Waals surface area contributed by atoms with Gasteiger partial charge in [-0.05, 0) is 45.0 Å². The Bertz CT molecular complexity index is 468. The van der Waals surface area contributed by atoms with Crippen LogP contribution in [0, 0.1) is 0 Å². The Morgan fingerprint density at radius 3 is 2.86 bits per heavy atom. The molecule has 0 radical (unpaired) electrons. The van der Waals surface area contributed by atoms with Gasteiger partial charge in [0.25, 0.3) is 0 Å². The van der Waals surface area contributed by atoms with Crippen molar-refractivity contribution in [3.05, 3.63) is 23.2 Å². The van der Waals surface area contributed by atoms with Gasteiger partial charge in [0.05, 0.1) is 19.3 Å². The number of amides is 1. The number of aliphatic hydroxyl groups excluding tert-OH is 1. The monoisotopic (exact) mass is 314 g/mol. The SMILES string of the molecule is COc1ccc(Cl)cc1NC(=O)CN(C)C(C)CCCO. The van der Waals surface area contributed by atoms with Crippen molar-refractivity contribution >= 4 is 23.2 Å². The first kappa shape index (κ1) is 17.8. The molecule has 1 aromatic carbocycles. The van der Waals surface area contributed by atoms with Crippen molar-refractivity contribution in [2.75, 3.05) is 32.6 Å². The molecule has 0 fully saturated rings. The van der Waals surface area contributed by atoms with Crippen molar-refractivity contribution in [2.45, 2.75) is 25.8 Å². The fraction of sp³-hybridized carbons (Fsp3) is 0.533. The molecule has 1 amide bonds. The molecule has 1 unspecified atom stereocenters. The Balaban J connectivity index is 2.59. The summed E-state index contributed by atoms with van der Waals surface area (Å²) in [4.78, 5) is 14.0. The highest BCUT2D eigenvalue weighted by Crippen LogP contribution is 2.27. The van der Waals surface area contributed by atoms with E-state index in [9.17, 15) is 4.79 Å². The number of carbonyl (C=O) groups is 1. The summed E-state index contributed by atoms with van der Waals surface area (Å²) in [6.07, 6.45) is 1.58. The van der Waals surface area contributed by atoms with Gasteiger partial charge in [-0.15, -0.1) is 0 Å². The third-order valence-corrected chi connectivity index (χ3v) is 3.60. The van der Waals surface area contributed by atoms with Gasteiger partial charge in [-0.1, -0.05) is 11.6 Å². The molecule has 21 heavy (non-hydrogen) atoms. The zero-order valence-electron chi connectivity index (χ0n) is 12.7. The molecular formula is C15H23ClN2O3. The van der Waals surface area contributed by atoms with Crippen molar-refractivity contribution in [1.82, 2.24) is 4.90 Å². The van der Waals surface area contributed by atoms with Crippen LogP contribution in [-0.4, -0.2) is 49.3 Å². The topological polar surface area (TPSA) is 61.8 Å². The largest absolute Gasteiger partial charge is 0.495 e. The van der Waals surface area contributed by atoms with Crippen LogP contribution in [0.25, 0.3) is 0 Å². The summed E-state index contributed by atoms with van der Waals surface area (Å²) in [5.74, 6) is 0.442. The molecule has 0 aromatic heterocycles. The number of aliphatic hydroxyl groups is 1. The first-order chi connectivity index (χ1) is 9.97. The summed E-state index contributed by atoms with van der Waals surface area (Å²) in [7, 11) is 3.43. The van der Waals surface area contributed by atoms with E-state index >= 15 is 0 Å². The van der Waals surface area contributed by atoms with Crippen molar-refractivity contribution in [2.24, 2.45) is 0 Å². The maximum atomic E-state index is 12.1. The number of hydrogen-bond acceptors (Lipinski definition) is 4. The predicted octanol–water partition coefficient (Wildman–Crippen LogP) is 2.38. The molecule has 5 nitrogen and oxygen atoms in total. The minimum Gasteiger partial charge on any atom is -0.495 e. The fourth-order valence-electron chi connectivity index (χ4n) is 1.96. The summed E-state index contributed by atoms with van der Waals surface area (Å²) in [5.41, 5.74) is 0.561. The number of ether oxygens (including phenoxy) is 1. The summed E-state index contributed by atoms with van der Waals surface area (Å²) in [5, 5.41) is 12.2. The van der Waals surface area contributed by atoms with E-state index in [-0.39, 0.29) is 25.1 Å². The van der Waals surface area contributed by atoms with Crippen LogP contribution in [0.4, 0.5) is 5.69 Å². The zero-order valence-corrected chi connectivity index (χ0v) is 13.5. The number of halogens is 1. The summed E-state index contributed by atoms with van der Waals surface area (Å²) < 4.78 is 5.19. The molecule has 118 valence electrons. The first-order valence-corrected chi connectivity index (χ1v) is 7.30. The molecule has 2 N–H and O–H groups in total. The highest BCUT2D eigenvalue weighted by molar-refractivity contribution is 6.31. The van der Waals surface area contributed by atoms with Crippen LogP contribution in [0.2, 0.25) is 5.02 Å². The number of nitrogens with one attached hydrogen (secondary N) is 1. The van der Waals surface area contributed by atoms with Gasteiger partial charge in [0.1, 0.15) is 5.75 Å². The maximum Gasteiger partial charge on any atom is 0.238 e. The van der Waals surface area contributed by atoms with Gasteiger partial charge in [0.15, 0.2) is 0 Å². The number of rotatable bonds is 8. The number of hydrogen-bond donors (Lipinski definition) is 2. The van der Waals surface area contributed by atoms with E-state index in [1.807, 2.05) is 18.9 Å². The second kappa shape index (κ2) is 8.87. The Kier molecular flexibility index (Phi) is 7.50. The van der Waals surface area contributed by atoms with Crippen LogP contribution in [0.3, 0.4) is 0 Å². The molecular weight excluding hydrogens is 292 g/mol. The number of methoxy groups -OCH3 is 1. The quantitative estimate of drug-likeness (QED) is 0.773. The molecule has 0 spiro atoms. The van der Waals surface area contributed by atoms with Gasteiger partial charge in [0, 0.05) is 17.7 Å². The normalized spacial score (nSPS) is 12.3. The smallest absolute Gasteiger partial charge is 0.238 e. The minimum atomic E-state index is -0.131. The van der Waals surface area contributed by atoms with Crippen LogP contribution < -0.4 is 10.1 Å². The van der Waals surface area contributed by atoms with E-state index in [0.717, 1.165) is 12.8 Å². The molecule has 0 saturated carbocycles. The van der Waals surface area contributed by atoms with Crippen LogP contribution >= 0.6 is 11.6 Å². The van der Waals surface area contributed by atoms with E-state index < -0.39 is 0 Å². The van der Waals surface area contributed by atoms with Gasteiger partial charge >= 0.3 is 0 Å². The van der Waals surface area contributed by atoms with E-state index in [0.29, 0.717) is 16.5 Å². The molecule has 0 aliphatic carbocycles. The lowest BCUT2D eigenvalue weighted by Gasteiger charge is -2.24. The lowest BCUT2D eigenvalue weighted by atomic mass is 10.1. The standard InChI is InChI=1S/C15H23ClN2O3/c1-11(5-4-8-19)18(2)10-15(20)17-13-9-12(16)6-7-14(13)21-3/h6-7,9,11,19H,4-5,8,10H2,1-3H3,(H,17,20). The zero-order chi connectivity index (χ0) is 15.8. The maximum absolute atomic E-state index is 12.1. The van der Waals surface area contributed by atoms with Gasteiger partial charge < -0.3 is 15.2 Å². The molecule has 0 aliphatic heterocycles.